The van der Waals surface area contributed by atoms with E-state index in [2.05, 4.69) is 52.2 Å². The van der Waals surface area contributed by atoms with Crippen LogP contribution in [-0.2, 0) is 23.1 Å². The van der Waals surface area contributed by atoms with Crippen molar-refractivity contribution < 1.29 is 13.2 Å². The molecule has 30 heavy (non-hydrogen) atoms. The van der Waals surface area contributed by atoms with Gasteiger partial charge < -0.3 is 10.6 Å². The summed E-state index contributed by atoms with van der Waals surface area (Å²) in [5.74, 6) is 0. The molecule has 0 radical (unpaired) electrons. The SMILES string of the molecule is O=C(NCc1ccncc1)Nc1ccc(S(=O)(=O)NCc2c(Br)cccc2Br)cc1. The summed E-state index contributed by atoms with van der Waals surface area (Å²) < 4.78 is 29.3. The molecule has 1 aromatic heterocycles. The second-order valence-electron chi connectivity index (χ2n) is 6.21. The first-order valence-electron chi connectivity index (χ1n) is 8.81. The number of rotatable bonds is 7. The third-order valence-electron chi connectivity index (χ3n) is 4.13. The number of anilines is 1. The van der Waals surface area contributed by atoms with Crippen molar-refractivity contribution in [1.29, 1.82) is 0 Å². The highest BCUT2D eigenvalue weighted by Crippen LogP contribution is 2.25. The van der Waals surface area contributed by atoms with Crippen LogP contribution in [0.4, 0.5) is 10.5 Å². The van der Waals surface area contributed by atoms with Crippen LogP contribution in [0.2, 0.25) is 0 Å². The number of nitrogens with zero attached hydrogens (tertiary/aromatic N) is 1. The average Bonchev–Trinajstić information content (AvgIpc) is 2.73. The monoisotopic (exact) mass is 552 g/mol. The van der Waals surface area contributed by atoms with Crippen molar-refractivity contribution in [3.63, 3.8) is 0 Å². The molecule has 0 aliphatic rings. The van der Waals surface area contributed by atoms with Crippen molar-refractivity contribution in [3.8, 4) is 0 Å². The molecular formula is C20H18Br2N4O3S. The molecule has 0 saturated carbocycles. The normalized spacial score (nSPS) is 11.1. The van der Waals surface area contributed by atoms with Crippen LogP contribution in [0, 0.1) is 0 Å². The number of hydrogen-bond donors (Lipinski definition) is 3. The Kier molecular flexibility index (Phi) is 7.59. The van der Waals surface area contributed by atoms with Crippen molar-refractivity contribution in [2.24, 2.45) is 0 Å². The molecule has 3 rings (SSSR count). The topological polar surface area (TPSA) is 100 Å². The predicted molar refractivity (Wildman–Crippen MR) is 122 cm³/mol. The molecule has 1 heterocycles. The molecular weight excluding hydrogens is 536 g/mol. The Morgan fingerprint density at radius 2 is 1.53 bits per heavy atom. The zero-order valence-corrected chi connectivity index (χ0v) is 19.6. The van der Waals surface area contributed by atoms with Crippen molar-refractivity contribution in [2.45, 2.75) is 18.0 Å². The lowest BCUT2D eigenvalue weighted by atomic mass is 10.2. The van der Waals surface area contributed by atoms with E-state index in [1.54, 1.807) is 24.5 Å². The molecule has 0 aliphatic heterocycles. The van der Waals surface area contributed by atoms with Gasteiger partial charge in [0.05, 0.1) is 4.90 Å². The second-order valence-corrected chi connectivity index (χ2v) is 9.69. The number of halogens is 2. The van der Waals surface area contributed by atoms with Crippen molar-refractivity contribution in [2.75, 3.05) is 5.32 Å². The van der Waals surface area contributed by atoms with Gasteiger partial charge in [-0.15, -0.1) is 0 Å². The first-order chi connectivity index (χ1) is 14.3. The number of amides is 2. The number of sulfonamides is 1. The summed E-state index contributed by atoms with van der Waals surface area (Å²) in [5, 5.41) is 5.39. The van der Waals surface area contributed by atoms with Crippen molar-refractivity contribution in [3.05, 3.63) is 87.1 Å². The van der Waals surface area contributed by atoms with Gasteiger partial charge in [0.25, 0.3) is 0 Å². The summed E-state index contributed by atoms with van der Waals surface area (Å²) >= 11 is 6.83. The van der Waals surface area contributed by atoms with Gasteiger partial charge >= 0.3 is 6.03 Å². The van der Waals surface area contributed by atoms with Gasteiger partial charge in [-0.2, -0.15) is 0 Å². The Morgan fingerprint density at radius 1 is 0.900 bits per heavy atom. The van der Waals surface area contributed by atoms with Crippen LogP contribution >= 0.6 is 31.9 Å². The van der Waals surface area contributed by atoms with E-state index in [4.69, 9.17) is 0 Å². The molecule has 2 aromatic carbocycles. The second kappa shape index (κ2) is 10.2. The van der Waals surface area contributed by atoms with Gasteiger partial charge in [0.2, 0.25) is 10.0 Å². The van der Waals surface area contributed by atoms with Crippen molar-refractivity contribution >= 4 is 53.6 Å². The summed E-state index contributed by atoms with van der Waals surface area (Å²) in [7, 11) is -3.71. The first-order valence-corrected chi connectivity index (χ1v) is 11.9. The third kappa shape index (κ3) is 6.11. The number of pyridine rings is 1. The highest BCUT2D eigenvalue weighted by Gasteiger charge is 2.15. The van der Waals surface area contributed by atoms with E-state index in [9.17, 15) is 13.2 Å². The lowest BCUT2D eigenvalue weighted by molar-refractivity contribution is 0.251. The fraction of sp³-hybridized carbons (Fsp3) is 0.100. The molecule has 0 saturated heterocycles. The van der Waals surface area contributed by atoms with Crippen LogP contribution in [0.5, 0.6) is 0 Å². The predicted octanol–water partition coefficient (Wildman–Crippen LogP) is 4.41. The third-order valence-corrected chi connectivity index (χ3v) is 7.03. The van der Waals surface area contributed by atoms with Crippen LogP contribution < -0.4 is 15.4 Å². The van der Waals surface area contributed by atoms with Gasteiger partial charge in [0.15, 0.2) is 0 Å². The minimum atomic E-state index is -3.71. The zero-order chi connectivity index (χ0) is 21.6. The van der Waals surface area contributed by atoms with E-state index in [-0.39, 0.29) is 17.5 Å². The summed E-state index contributed by atoms with van der Waals surface area (Å²) in [6, 6.07) is 14.7. The van der Waals surface area contributed by atoms with E-state index in [1.165, 1.54) is 24.3 Å². The van der Waals surface area contributed by atoms with Crippen LogP contribution in [-0.4, -0.2) is 19.4 Å². The Labute approximate surface area is 191 Å². The number of urea groups is 1. The summed E-state index contributed by atoms with van der Waals surface area (Å²) in [4.78, 5) is 16.0. The van der Waals surface area contributed by atoms with E-state index < -0.39 is 10.0 Å². The lowest BCUT2D eigenvalue weighted by Crippen LogP contribution is -2.28. The van der Waals surface area contributed by atoms with E-state index in [0.29, 0.717) is 12.2 Å². The Morgan fingerprint density at radius 3 is 2.17 bits per heavy atom. The standard InChI is InChI=1S/C20H18Br2N4O3S/c21-18-2-1-3-19(22)17(18)13-25-30(28,29)16-6-4-15(5-7-16)26-20(27)24-12-14-8-10-23-11-9-14/h1-11,25H,12-13H2,(H2,24,26,27). The van der Waals surface area contributed by atoms with E-state index in [1.807, 2.05) is 18.2 Å². The molecule has 0 unspecified atom stereocenters. The molecule has 0 aliphatic carbocycles. The molecule has 3 aromatic rings. The van der Waals surface area contributed by atoms with E-state index in [0.717, 1.165) is 20.1 Å². The van der Waals surface area contributed by atoms with Crippen LogP contribution in [0.15, 0.2) is 80.8 Å². The van der Waals surface area contributed by atoms with E-state index >= 15 is 0 Å². The quantitative estimate of drug-likeness (QED) is 0.403. The largest absolute Gasteiger partial charge is 0.334 e. The van der Waals surface area contributed by atoms with Gasteiger partial charge in [0, 0.05) is 40.1 Å². The van der Waals surface area contributed by atoms with Gasteiger partial charge in [-0.1, -0.05) is 37.9 Å². The fourth-order valence-corrected chi connectivity index (χ4v) is 4.80. The molecule has 0 atom stereocenters. The average molecular weight is 554 g/mol. The van der Waals surface area contributed by atoms with Gasteiger partial charge in [-0.3, -0.25) is 4.98 Å². The number of nitrogens with one attached hydrogen (secondary N) is 3. The molecule has 0 fully saturated rings. The van der Waals surface area contributed by atoms with Gasteiger partial charge in [0.1, 0.15) is 0 Å². The van der Waals surface area contributed by atoms with Crippen LogP contribution in [0.3, 0.4) is 0 Å². The molecule has 3 N–H and O–H groups in total. The molecule has 0 bridgehead atoms. The van der Waals surface area contributed by atoms with Crippen molar-refractivity contribution in [1.82, 2.24) is 15.0 Å². The number of hydrogen-bond acceptors (Lipinski definition) is 4. The smallest absolute Gasteiger partial charge is 0.319 e. The Hall–Kier alpha value is -2.27. The number of aromatic nitrogens is 1. The lowest BCUT2D eigenvalue weighted by Gasteiger charge is -2.11. The van der Waals surface area contributed by atoms with Crippen LogP contribution in [0.1, 0.15) is 11.1 Å². The molecule has 7 nitrogen and oxygen atoms in total. The number of carbonyl (C=O) groups is 1. The Balaban J connectivity index is 1.58. The maximum atomic E-state index is 12.6. The summed E-state index contributed by atoms with van der Waals surface area (Å²) in [5.41, 5.74) is 2.20. The first kappa shape index (κ1) is 22.4. The number of benzene rings is 2. The minimum Gasteiger partial charge on any atom is -0.334 e. The molecule has 156 valence electrons. The molecule has 2 amide bonds. The number of carbonyl (C=O) groups excluding carboxylic acids is 1. The van der Waals surface area contributed by atoms with Crippen LogP contribution in [0.25, 0.3) is 0 Å². The highest BCUT2D eigenvalue weighted by molar-refractivity contribution is 9.11. The fourth-order valence-electron chi connectivity index (χ4n) is 2.53. The maximum Gasteiger partial charge on any atom is 0.319 e. The molecule has 10 heteroatoms. The summed E-state index contributed by atoms with van der Waals surface area (Å²) in [6.07, 6.45) is 3.30. The summed E-state index contributed by atoms with van der Waals surface area (Å²) in [6.45, 7) is 0.483. The zero-order valence-electron chi connectivity index (χ0n) is 15.6. The Bertz CT molecular complexity index is 1100. The maximum absolute atomic E-state index is 12.6. The minimum absolute atomic E-state index is 0.105. The highest BCUT2D eigenvalue weighted by atomic mass is 79.9. The van der Waals surface area contributed by atoms with Gasteiger partial charge in [-0.25, -0.2) is 17.9 Å². The van der Waals surface area contributed by atoms with Gasteiger partial charge in [-0.05, 0) is 59.7 Å². The molecule has 0 spiro atoms.